The molecule has 0 saturated carbocycles. The van der Waals surface area contributed by atoms with Crippen molar-refractivity contribution in [2.24, 2.45) is 14.1 Å². The van der Waals surface area contributed by atoms with Gasteiger partial charge in [0.15, 0.2) is 5.69 Å². The minimum Gasteiger partial charge on any atom is -0.358 e. The van der Waals surface area contributed by atoms with Gasteiger partial charge in [0, 0.05) is 19.8 Å². The van der Waals surface area contributed by atoms with Gasteiger partial charge in [-0.2, -0.15) is 9.94 Å². The van der Waals surface area contributed by atoms with E-state index in [1.165, 1.54) is 23.9 Å². The molecule has 0 fully saturated rings. The molecule has 0 aromatic carbocycles. The topological polar surface area (TPSA) is 148 Å². The highest BCUT2D eigenvalue weighted by Crippen LogP contribution is 2.16. The fourth-order valence-electron chi connectivity index (χ4n) is 2.13. The summed E-state index contributed by atoms with van der Waals surface area (Å²) in [4.78, 5) is 34.2. The fraction of sp³-hybridized carbons (Fsp3) is 0.286. The monoisotopic (exact) mass is 345 g/mol. The molecule has 0 unspecified atom stereocenters. The number of hydrogen-bond acceptors (Lipinski definition) is 6. The third-order valence-electron chi connectivity index (χ3n) is 3.30. The molecule has 0 atom stereocenters. The Morgan fingerprint density at radius 1 is 1.32 bits per heavy atom. The van der Waals surface area contributed by atoms with Crippen LogP contribution in [-0.4, -0.2) is 37.6 Å². The minimum absolute atomic E-state index is 0.00979. The lowest BCUT2D eigenvalue weighted by Gasteiger charge is -2.02. The molecule has 0 aliphatic rings. The molecule has 0 spiro atoms. The maximum atomic E-state index is 12.2. The zero-order chi connectivity index (χ0) is 18.6. The molecule has 2 rings (SSSR count). The van der Waals surface area contributed by atoms with Gasteiger partial charge in [-0.1, -0.05) is 0 Å². The summed E-state index contributed by atoms with van der Waals surface area (Å²) >= 11 is 0. The van der Waals surface area contributed by atoms with Crippen LogP contribution in [0.4, 0.5) is 11.5 Å². The van der Waals surface area contributed by atoms with Crippen molar-refractivity contribution in [1.29, 1.82) is 5.26 Å². The maximum absolute atomic E-state index is 12.2. The van der Waals surface area contributed by atoms with E-state index >= 15 is 0 Å². The molecule has 11 nitrogen and oxygen atoms in total. The van der Waals surface area contributed by atoms with Crippen molar-refractivity contribution in [3.05, 3.63) is 39.8 Å². The first kappa shape index (κ1) is 17.7. The molecule has 0 bridgehead atoms. The first-order chi connectivity index (χ1) is 11.8. The van der Waals surface area contributed by atoms with Crippen LogP contribution < -0.4 is 10.6 Å². The fourth-order valence-corrected chi connectivity index (χ4v) is 2.13. The largest absolute Gasteiger partial charge is 0.390 e. The molecule has 2 aromatic heterocycles. The van der Waals surface area contributed by atoms with Crippen molar-refractivity contribution < 1.29 is 14.5 Å². The molecule has 0 saturated heterocycles. The van der Waals surface area contributed by atoms with E-state index in [-0.39, 0.29) is 24.6 Å². The standard InChI is InChI=1S/C14H15N7O4/c1-19-8-9(6-10(19)13(22)16-5-3-4-15)17-14(23)11-7-12(21(24)25)18-20(11)2/h6-8H,3,5H2,1-2H3,(H,16,22)(H,17,23). The van der Waals surface area contributed by atoms with Crippen molar-refractivity contribution in [1.82, 2.24) is 19.7 Å². The summed E-state index contributed by atoms with van der Waals surface area (Å²) in [6.07, 6.45) is 1.72. The van der Waals surface area contributed by atoms with Gasteiger partial charge in [-0.05, 0) is 11.0 Å². The number of hydrogen-bond donors (Lipinski definition) is 2. The van der Waals surface area contributed by atoms with Crippen LogP contribution in [0.15, 0.2) is 18.3 Å². The van der Waals surface area contributed by atoms with E-state index in [1.54, 1.807) is 7.05 Å². The van der Waals surface area contributed by atoms with Crippen LogP contribution >= 0.6 is 0 Å². The SMILES string of the molecule is Cn1cc(NC(=O)c2cc([N+](=O)[O-])nn2C)cc1C(=O)NCCC#N. The number of nitriles is 1. The Labute approximate surface area is 142 Å². The number of rotatable bonds is 6. The number of carbonyl (C=O) groups is 2. The third-order valence-corrected chi connectivity index (χ3v) is 3.30. The molecular weight excluding hydrogens is 330 g/mol. The van der Waals surface area contributed by atoms with Crippen LogP contribution in [0.2, 0.25) is 0 Å². The molecule has 2 heterocycles. The molecular formula is C14H15N7O4. The van der Waals surface area contributed by atoms with E-state index in [9.17, 15) is 19.7 Å². The Hall–Kier alpha value is -3.68. The van der Waals surface area contributed by atoms with Crippen LogP contribution in [0.5, 0.6) is 0 Å². The van der Waals surface area contributed by atoms with Gasteiger partial charge in [-0.3, -0.25) is 9.59 Å². The van der Waals surface area contributed by atoms with Gasteiger partial charge < -0.3 is 25.3 Å². The van der Waals surface area contributed by atoms with Crippen molar-refractivity contribution in [3.63, 3.8) is 0 Å². The highest BCUT2D eigenvalue weighted by atomic mass is 16.6. The van der Waals surface area contributed by atoms with Crippen LogP contribution in [0.25, 0.3) is 0 Å². The zero-order valence-electron chi connectivity index (χ0n) is 13.5. The normalized spacial score (nSPS) is 10.1. The van der Waals surface area contributed by atoms with Crippen molar-refractivity contribution in [2.75, 3.05) is 11.9 Å². The summed E-state index contributed by atoms with van der Waals surface area (Å²) in [5, 5.41) is 27.9. The average Bonchev–Trinajstić information content (AvgIpc) is 3.10. The highest BCUT2D eigenvalue weighted by Gasteiger charge is 2.22. The average molecular weight is 345 g/mol. The predicted molar refractivity (Wildman–Crippen MR) is 85.8 cm³/mol. The van der Waals surface area contributed by atoms with Gasteiger partial charge >= 0.3 is 5.82 Å². The van der Waals surface area contributed by atoms with Gasteiger partial charge in [0.05, 0.1) is 36.4 Å². The van der Waals surface area contributed by atoms with E-state index in [1.807, 2.05) is 6.07 Å². The van der Waals surface area contributed by atoms with Crippen LogP contribution in [0.1, 0.15) is 27.4 Å². The Morgan fingerprint density at radius 2 is 2.04 bits per heavy atom. The molecule has 0 aliphatic carbocycles. The smallest absolute Gasteiger partial charge is 0.358 e. The lowest BCUT2D eigenvalue weighted by atomic mass is 10.3. The second-order valence-corrected chi connectivity index (χ2v) is 5.11. The van der Waals surface area contributed by atoms with Crippen molar-refractivity contribution in [2.45, 2.75) is 6.42 Å². The minimum atomic E-state index is -0.691. The van der Waals surface area contributed by atoms with Crippen molar-refractivity contribution >= 4 is 23.3 Å². The van der Waals surface area contributed by atoms with Gasteiger partial charge in [0.2, 0.25) is 0 Å². The summed E-state index contributed by atoms with van der Waals surface area (Å²) < 4.78 is 2.62. The molecule has 2 N–H and O–H groups in total. The van der Waals surface area contributed by atoms with E-state index < -0.39 is 16.6 Å². The molecule has 2 amide bonds. The van der Waals surface area contributed by atoms with Gasteiger partial charge in [0.1, 0.15) is 5.69 Å². The molecule has 25 heavy (non-hydrogen) atoms. The highest BCUT2D eigenvalue weighted by molar-refractivity contribution is 6.04. The second kappa shape index (κ2) is 7.26. The summed E-state index contributed by atoms with van der Waals surface area (Å²) in [6.45, 7) is 0.223. The number of anilines is 1. The quantitative estimate of drug-likeness (QED) is 0.444. The second-order valence-electron chi connectivity index (χ2n) is 5.11. The lowest BCUT2D eigenvalue weighted by Crippen LogP contribution is -2.25. The molecule has 130 valence electrons. The third kappa shape index (κ3) is 3.99. The number of carbonyl (C=O) groups excluding carboxylic acids is 2. The predicted octanol–water partition coefficient (Wildman–Crippen LogP) is 0.563. The molecule has 0 aliphatic heterocycles. The Morgan fingerprint density at radius 3 is 2.64 bits per heavy atom. The first-order valence-electron chi connectivity index (χ1n) is 7.14. The van der Waals surface area contributed by atoms with E-state index in [0.29, 0.717) is 11.4 Å². The van der Waals surface area contributed by atoms with E-state index in [0.717, 1.165) is 10.7 Å². The number of nitro groups is 1. The number of nitrogens with zero attached hydrogens (tertiary/aromatic N) is 5. The Bertz CT molecular complexity index is 874. The maximum Gasteiger partial charge on any atom is 0.390 e. The number of aryl methyl sites for hydroxylation is 2. The van der Waals surface area contributed by atoms with Crippen molar-refractivity contribution in [3.8, 4) is 6.07 Å². The van der Waals surface area contributed by atoms with Crippen LogP contribution in [-0.2, 0) is 14.1 Å². The summed E-state index contributed by atoms with van der Waals surface area (Å²) in [7, 11) is 3.05. The zero-order valence-corrected chi connectivity index (χ0v) is 13.5. The molecule has 2 aromatic rings. The van der Waals surface area contributed by atoms with Crippen LogP contribution in [0, 0.1) is 21.4 Å². The number of aromatic nitrogens is 3. The molecule has 0 radical (unpaired) electrons. The number of nitrogens with one attached hydrogen (secondary N) is 2. The summed E-state index contributed by atoms with van der Waals surface area (Å²) in [5.74, 6) is -1.40. The first-order valence-corrected chi connectivity index (χ1v) is 7.14. The summed E-state index contributed by atoms with van der Waals surface area (Å²) in [6, 6.07) is 4.45. The van der Waals surface area contributed by atoms with E-state index in [4.69, 9.17) is 5.26 Å². The Kier molecular flexibility index (Phi) is 5.13. The molecule has 11 heteroatoms. The van der Waals surface area contributed by atoms with E-state index in [2.05, 4.69) is 15.7 Å². The summed E-state index contributed by atoms with van der Waals surface area (Å²) in [5.41, 5.74) is 0.654. The van der Waals surface area contributed by atoms with Gasteiger partial charge in [-0.25, -0.2) is 0 Å². The van der Waals surface area contributed by atoms with Gasteiger partial charge in [-0.15, -0.1) is 0 Å². The van der Waals surface area contributed by atoms with Crippen LogP contribution in [0.3, 0.4) is 0 Å². The lowest BCUT2D eigenvalue weighted by molar-refractivity contribution is -0.389. The Balaban J connectivity index is 2.12. The number of amides is 2. The van der Waals surface area contributed by atoms with Gasteiger partial charge in [0.25, 0.3) is 11.8 Å².